The molecule has 1 amide bonds. The molecule has 11 N–H and O–H groups in total. The highest BCUT2D eigenvalue weighted by Gasteiger charge is 2.62. The van der Waals surface area contributed by atoms with E-state index in [9.17, 15) is 55.9 Å². The van der Waals surface area contributed by atoms with Crippen molar-refractivity contribution in [1.29, 1.82) is 0 Å². The number of carbonyl (C=O) groups excluding carboxylic acids is 1. The van der Waals surface area contributed by atoms with Crippen LogP contribution in [0.15, 0.2) is 0 Å². The Labute approximate surface area is 228 Å². The molecule has 0 aromatic rings. The van der Waals surface area contributed by atoms with E-state index >= 15 is 0 Å². The van der Waals surface area contributed by atoms with Crippen molar-refractivity contribution >= 4 is 6.09 Å². The van der Waals surface area contributed by atoms with E-state index in [1.54, 1.807) is 6.92 Å². The van der Waals surface area contributed by atoms with Gasteiger partial charge in [0.2, 0.25) is 11.6 Å². The van der Waals surface area contributed by atoms with Gasteiger partial charge in [-0.25, -0.2) is 4.79 Å². The van der Waals surface area contributed by atoms with Gasteiger partial charge in [-0.3, -0.25) is 0 Å². The van der Waals surface area contributed by atoms with Gasteiger partial charge in [-0.1, -0.05) is 6.92 Å². The van der Waals surface area contributed by atoms with Gasteiger partial charge in [0.25, 0.3) is 0 Å². The highest BCUT2D eigenvalue weighted by Crippen LogP contribution is 2.40. The number of amides is 1. The fourth-order valence-corrected chi connectivity index (χ4v) is 4.56. The first-order chi connectivity index (χ1) is 18.9. The van der Waals surface area contributed by atoms with Crippen LogP contribution in [0.25, 0.3) is 0 Å². The van der Waals surface area contributed by atoms with E-state index < -0.39 is 118 Å². The molecule has 3 heterocycles. The summed E-state index contributed by atoms with van der Waals surface area (Å²) in [6.07, 6.45) is -19.7. The van der Waals surface area contributed by atoms with Gasteiger partial charge in [-0.05, 0) is 6.42 Å². The predicted molar refractivity (Wildman–Crippen MR) is 124 cm³/mol. The molecule has 0 saturated carbocycles. The maximum Gasteiger partial charge on any atom is 0.407 e. The Morgan fingerprint density at radius 1 is 0.800 bits per heavy atom. The number of rotatable bonds is 12. The van der Waals surface area contributed by atoms with E-state index in [1.165, 1.54) is 0 Å². The summed E-state index contributed by atoms with van der Waals surface area (Å²) in [6.45, 7) is -2.23. The molecule has 3 saturated heterocycles. The molecule has 18 heteroatoms. The Kier molecular flexibility index (Phi) is 11.4. The minimum Gasteiger partial charge on any atom is -0.447 e. The molecular weight excluding hydrogens is 550 g/mol. The molecule has 3 fully saturated rings. The van der Waals surface area contributed by atoms with Crippen LogP contribution in [-0.2, 0) is 28.4 Å². The number of aliphatic hydroxyl groups is 10. The number of aliphatic hydroxyl groups excluding tert-OH is 10. The fraction of sp³-hybridized carbons (Fsp3) is 0.955. The largest absolute Gasteiger partial charge is 0.447 e. The smallest absolute Gasteiger partial charge is 0.407 e. The number of hydrogen-bond donors (Lipinski definition) is 11. The minimum atomic E-state index is -2.56. The van der Waals surface area contributed by atoms with Gasteiger partial charge in [0.15, 0.2) is 6.29 Å². The highest BCUT2D eigenvalue weighted by molar-refractivity contribution is 5.67. The number of hydrogen-bond acceptors (Lipinski definition) is 17. The fourth-order valence-electron chi connectivity index (χ4n) is 4.56. The van der Waals surface area contributed by atoms with Crippen LogP contribution in [-0.4, -0.2) is 176 Å². The van der Waals surface area contributed by atoms with Crippen molar-refractivity contribution in [2.45, 2.75) is 92.2 Å². The van der Waals surface area contributed by atoms with E-state index in [0.29, 0.717) is 13.0 Å². The van der Waals surface area contributed by atoms with Gasteiger partial charge >= 0.3 is 6.09 Å². The lowest BCUT2D eigenvalue weighted by Crippen LogP contribution is -2.63. The van der Waals surface area contributed by atoms with Crippen LogP contribution in [0, 0.1) is 0 Å². The van der Waals surface area contributed by atoms with Crippen molar-refractivity contribution in [3.05, 3.63) is 0 Å². The average molecular weight is 590 g/mol. The molecule has 0 spiro atoms. The van der Waals surface area contributed by atoms with Crippen LogP contribution in [0.5, 0.6) is 0 Å². The lowest BCUT2D eigenvalue weighted by Gasteiger charge is -2.44. The summed E-state index contributed by atoms with van der Waals surface area (Å²) in [5, 5.41) is 104. The Bertz CT molecular complexity index is 822. The second-order valence-electron chi connectivity index (χ2n) is 9.78. The van der Waals surface area contributed by atoms with E-state index in [-0.39, 0.29) is 0 Å². The zero-order valence-electron chi connectivity index (χ0n) is 21.6. The molecule has 0 bridgehead atoms. The summed E-state index contributed by atoms with van der Waals surface area (Å²) >= 11 is 0. The molecule has 3 rings (SSSR count). The average Bonchev–Trinajstić information content (AvgIpc) is 3.34. The zero-order valence-corrected chi connectivity index (χ0v) is 21.6. The third-order valence-electron chi connectivity index (χ3n) is 6.99. The molecule has 0 radical (unpaired) electrons. The van der Waals surface area contributed by atoms with E-state index in [4.69, 9.17) is 28.4 Å². The first-order valence-corrected chi connectivity index (χ1v) is 12.7. The standard InChI is InChI=1S/C22H39NO17/c1-2-3-23-20(34)35-6-11-14(29)18(33)22(39-11,40-19-16(31)15(30)12(27)9(4-24)37-19)8-36-21(7-26)17(32)13(28)10(5-25)38-21/h9-19,24-33H,2-8H2,1H3,(H,23,34)/t9?,10-,11-,12-,13?,14?,15?,16+,17-,18-,19-,21-,22+/m1/s1. The zero-order chi connectivity index (χ0) is 29.8. The Morgan fingerprint density at radius 2 is 1.40 bits per heavy atom. The molecule has 40 heavy (non-hydrogen) atoms. The van der Waals surface area contributed by atoms with Crippen LogP contribution in [0.2, 0.25) is 0 Å². The SMILES string of the molecule is CCCNC(=O)OC[C@H]1O[C@@](CO[C@]2(CO)O[C@H](CO)C(O)[C@H]2O)(O[C@H]2OC(CO)[C@@H](O)C(O)[C@@H]2O)[C@H](O)C1O. The Balaban J connectivity index is 1.87. The van der Waals surface area contributed by atoms with Crippen LogP contribution < -0.4 is 5.32 Å². The first-order valence-electron chi connectivity index (χ1n) is 12.7. The number of ether oxygens (including phenoxy) is 6. The normalized spacial score (nSPS) is 45.5. The molecule has 3 aliphatic heterocycles. The molecule has 3 aliphatic rings. The number of alkyl carbamates (subject to hydrolysis) is 1. The Morgan fingerprint density at radius 3 is 1.98 bits per heavy atom. The van der Waals surface area contributed by atoms with Crippen LogP contribution in [0.3, 0.4) is 0 Å². The van der Waals surface area contributed by atoms with Crippen LogP contribution in [0.1, 0.15) is 13.3 Å². The van der Waals surface area contributed by atoms with Crippen LogP contribution >= 0.6 is 0 Å². The van der Waals surface area contributed by atoms with Gasteiger partial charge in [-0.2, -0.15) is 0 Å². The lowest BCUT2D eigenvalue weighted by atomic mass is 9.99. The molecular formula is C22H39NO17. The monoisotopic (exact) mass is 589 g/mol. The summed E-state index contributed by atoms with van der Waals surface area (Å²) in [5.41, 5.74) is 0. The molecule has 4 unspecified atom stereocenters. The molecule has 13 atom stereocenters. The third kappa shape index (κ3) is 6.51. The maximum absolute atomic E-state index is 11.9. The van der Waals surface area contributed by atoms with Gasteiger partial charge in [0.05, 0.1) is 13.2 Å². The summed E-state index contributed by atoms with van der Waals surface area (Å²) in [4.78, 5) is 11.9. The van der Waals surface area contributed by atoms with Gasteiger partial charge in [0, 0.05) is 6.54 Å². The van der Waals surface area contributed by atoms with Crippen molar-refractivity contribution in [2.24, 2.45) is 0 Å². The van der Waals surface area contributed by atoms with Crippen molar-refractivity contribution in [2.75, 3.05) is 39.6 Å². The minimum absolute atomic E-state index is 0.291. The number of carbonyl (C=O) groups is 1. The van der Waals surface area contributed by atoms with E-state index in [2.05, 4.69) is 5.32 Å². The van der Waals surface area contributed by atoms with E-state index in [1.807, 2.05) is 0 Å². The van der Waals surface area contributed by atoms with Gasteiger partial charge in [0.1, 0.15) is 80.9 Å². The molecule has 18 nitrogen and oxygen atoms in total. The third-order valence-corrected chi connectivity index (χ3v) is 6.99. The Hall–Kier alpha value is -1.33. The molecule has 0 aromatic carbocycles. The number of nitrogens with one attached hydrogen (secondary N) is 1. The summed E-state index contributed by atoms with van der Waals surface area (Å²) in [7, 11) is 0. The van der Waals surface area contributed by atoms with Gasteiger partial charge < -0.3 is 84.8 Å². The highest BCUT2D eigenvalue weighted by atomic mass is 16.8. The predicted octanol–water partition coefficient (Wildman–Crippen LogP) is -6.43. The summed E-state index contributed by atoms with van der Waals surface area (Å²) in [6, 6.07) is 0. The summed E-state index contributed by atoms with van der Waals surface area (Å²) in [5.74, 6) is -4.95. The van der Waals surface area contributed by atoms with Crippen molar-refractivity contribution in [3.63, 3.8) is 0 Å². The van der Waals surface area contributed by atoms with Gasteiger partial charge in [-0.15, -0.1) is 0 Å². The summed E-state index contributed by atoms with van der Waals surface area (Å²) < 4.78 is 32.5. The van der Waals surface area contributed by atoms with E-state index in [0.717, 1.165) is 0 Å². The van der Waals surface area contributed by atoms with Crippen LogP contribution in [0.4, 0.5) is 4.79 Å². The topological polar surface area (TPSA) is 287 Å². The van der Waals surface area contributed by atoms with Crippen molar-refractivity contribution in [3.8, 4) is 0 Å². The molecule has 234 valence electrons. The first kappa shape index (κ1) is 33.2. The second kappa shape index (κ2) is 13.8. The molecule has 0 aliphatic carbocycles. The molecule has 0 aromatic heterocycles. The maximum atomic E-state index is 11.9. The quantitative estimate of drug-likeness (QED) is 0.101. The van der Waals surface area contributed by atoms with Crippen molar-refractivity contribution < 1.29 is 84.3 Å². The second-order valence-corrected chi connectivity index (χ2v) is 9.78. The van der Waals surface area contributed by atoms with Crippen molar-refractivity contribution in [1.82, 2.24) is 5.32 Å². The lowest BCUT2D eigenvalue weighted by molar-refractivity contribution is -0.399.